The number of rotatable bonds is 9. The van der Waals surface area contributed by atoms with E-state index >= 15 is 0 Å². The molecule has 0 atom stereocenters. The molecule has 5 heterocycles. The van der Waals surface area contributed by atoms with Crippen LogP contribution in [0.5, 0.6) is 0 Å². The van der Waals surface area contributed by atoms with Crippen LogP contribution in [0.3, 0.4) is 0 Å². The zero-order valence-corrected chi connectivity index (χ0v) is 27.7. The van der Waals surface area contributed by atoms with Crippen LogP contribution in [-0.4, -0.2) is 62.9 Å². The molecule has 0 amide bonds. The van der Waals surface area contributed by atoms with Gasteiger partial charge in [-0.05, 0) is 93.1 Å². The average Bonchev–Trinajstić information content (AvgIpc) is 3.70. The third kappa shape index (κ3) is 5.34. The molecule has 3 aliphatic rings. The van der Waals surface area contributed by atoms with Crippen LogP contribution in [0.4, 0.5) is 0 Å². The average molecular weight is 653 g/mol. The first-order chi connectivity index (χ1) is 22.7. The van der Waals surface area contributed by atoms with E-state index in [9.17, 15) is 13.2 Å². The van der Waals surface area contributed by atoms with Crippen LogP contribution in [0.15, 0.2) is 76.8 Å². The van der Waals surface area contributed by atoms with E-state index in [0.29, 0.717) is 37.6 Å². The number of aromatic nitrogens is 5. The van der Waals surface area contributed by atoms with Gasteiger partial charge in [-0.1, -0.05) is 36.2 Å². The van der Waals surface area contributed by atoms with E-state index < -0.39 is 10.0 Å². The first-order valence-corrected chi connectivity index (χ1v) is 18.0. The van der Waals surface area contributed by atoms with Gasteiger partial charge in [0.2, 0.25) is 0 Å². The Balaban J connectivity index is 1.31. The minimum absolute atomic E-state index is 0.181. The van der Waals surface area contributed by atoms with E-state index in [1.54, 1.807) is 23.0 Å². The zero-order chi connectivity index (χ0) is 32.3. The van der Waals surface area contributed by atoms with Crippen molar-refractivity contribution in [1.29, 1.82) is 0 Å². The van der Waals surface area contributed by atoms with Gasteiger partial charge in [0.05, 0.1) is 18.1 Å². The molecular weight excluding hydrogens is 613 g/mol. The Labute approximate surface area is 274 Å². The lowest BCUT2D eigenvalue weighted by atomic mass is 9.75. The predicted molar refractivity (Wildman–Crippen MR) is 180 cm³/mol. The number of pyridine rings is 1. The Hall–Kier alpha value is -4.06. The third-order valence-electron chi connectivity index (χ3n) is 10.2. The van der Waals surface area contributed by atoms with Crippen LogP contribution in [0.25, 0.3) is 16.6 Å². The number of hydrogen-bond acceptors (Lipinski definition) is 7. The Morgan fingerprint density at radius 2 is 1.77 bits per heavy atom. The van der Waals surface area contributed by atoms with Gasteiger partial charge in [-0.2, -0.15) is 0 Å². The van der Waals surface area contributed by atoms with E-state index in [1.807, 2.05) is 55.1 Å². The number of fused-ring (bicyclic) bond motifs is 1. The van der Waals surface area contributed by atoms with Gasteiger partial charge in [-0.3, -0.25) is 14.3 Å². The number of hydrogen-bond donors (Lipinski definition) is 0. The second-order valence-electron chi connectivity index (χ2n) is 13.7. The Morgan fingerprint density at radius 1 is 1.00 bits per heavy atom. The molecule has 2 aromatic carbocycles. The lowest BCUT2D eigenvalue weighted by Gasteiger charge is -2.41. The van der Waals surface area contributed by atoms with E-state index in [4.69, 9.17) is 4.74 Å². The first-order valence-electron chi connectivity index (χ1n) is 16.6. The quantitative estimate of drug-likeness (QED) is 0.225. The number of likely N-dealkylation sites (tertiary alicyclic amines) is 1. The summed E-state index contributed by atoms with van der Waals surface area (Å²) in [6, 6.07) is 16.9. The van der Waals surface area contributed by atoms with Crippen molar-refractivity contribution in [3.05, 3.63) is 106 Å². The van der Waals surface area contributed by atoms with Gasteiger partial charge >= 0.3 is 0 Å². The fourth-order valence-corrected chi connectivity index (χ4v) is 8.81. The first kappa shape index (κ1) is 30.3. The van der Waals surface area contributed by atoms with E-state index in [1.165, 1.54) is 10.4 Å². The molecule has 0 N–H and O–H groups in total. The van der Waals surface area contributed by atoms with E-state index in [0.717, 1.165) is 66.7 Å². The van der Waals surface area contributed by atoms with Gasteiger partial charge in [0.1, 0.15) is 17.7 Å². The Morgan fingerprint density at radius 3 is 2.43 bits per heavy atom. The molecule has 5 aromatic rings. The maximum Gasteiger partial charge on any atom is 0.280 e. The lowest BCUT2D eigenvalue weighted by molar-refractivity contribution is -0.0611. The summed E-state index contributed by atoms with van der Waals surface area (Å²) in [6.07, 6.45) is 9.71. The summed E-state index contributed by atoms with van der Waals surface area (Å²) in [6.45, 7) is 5.33. The Bertz CT molecular complexity index is 2130. The van der Waals surface area contributed by atoms with Crippen LogP contribution in [0.2, 0.25) is 0 Å². The van der Waals surface area contributed by atoms with Crippen molar-refractivity contribution in [2.75, 3.05) is 26.3 Å². The zero-order valence-electron chi connectivity index (χ0n) is 26.9. The smallest absolute Gasteiger partial charge is 0.280 e. The van der Waals surface area contributed by atoms with Crippen LogP contribution in [0, 0.1) is 6.92 Å². The van der Waals surface area contributed by atoms with E-state index in [2.05, 4.69) is 27.2 Å². The highest BCUT2D eigenvalue weighted by molar-refractivity contribution is 7.90. The predicted octanol–water partition coefficient (Wildman–Crippen LogP) is 4.84. The molecule has 47 heavy (non-hydrogen) atoms. The maximum atomic E-state index is 14.7. The molecular formula is C36H40N6O4S. The van der Waals surface area contributed by atoms with Crippen molar-refractivity contribution in [3.8, 4) is 5.69 Å². The molecule has 3 aromatic heterocycles. The van der Waals surface area contributed by atoms with Crippen LogP contribution < -0.4 is 5.56 Å². The van der Waals surface area contributed by atoms with Crippen molar-refractivity contribution in [2.24, 2.45) is 7.05 Å². The van der Waals surface area contributed by atoms with Crippen molar-refractivity contribution in [2.45, 2.75) is 68.2 Å². The van der Waals surface area contributed by atoms with Crippen molar-refractivity contribution in [3.63, 3.8) is 0 Å². The number of piperidine rings is 1. The second-order valence-corrected chi connectivity index (χ2v) is 15.5. The molecule has 8 rings (SSSR count). The van der Waals surface area contributed by atoms with Crippen molar-refractivity contribution >= 4 is 20.9 Å². The molecule has 0 unspecified atom stereocenters. The summed E-state index contributed by atoms with van der Waals surface area (Å²) in [7, 11) is -2.14. The third-order valence-corrected chi connectivity index (χ3v) is 12.0. The van der Waals surface area contributed by atoms with Gasteiger partial charge < -0.3 is 9.30 Å². The van der Waals surface area contributed by atoms with Crippen LogP contribution in [-0.2, 0) is 40.2 Å². The molecule has 11 heteroatoms. The standard InChI is InChI=1S/C36H40N6O4S/c1-25-9-13-30(14-10-25)47(44,45)42-29(20-40-15-4-3-5-16-40)18-31-32(26-11-12-26)21-41(35(43)34(31)42)28-8-6-7-27(17-28)36(22-46-23-36)19-33-38-37-24-39(33)2/h6-10,13-14,17-18,21,24,26H,3-5,11-12,15-16,19-20,22-23H2,1-2H3. The maximum absolute atomic E-state index is 14.7. The number of nitrogens with zero attached hydrogens (tertiary/aromatic N) is 6. The fourth-order valence-electron chi connectivity index (χ4n) is 7.28. The fraction of sp³-hybridized carbons (Fsp3) is 0.417. The van der Waals surface area contributed by atoms with E-state index in [-0.39, 0.29) is 27.3 Å². The number of aryl methyl sites for hydroxylation is 2. The largest absolute Gasteiger partial charge is 0.379 e. The van der Waals surface area contributed by atoms with Gasteiger partial charge in [0.25, 0.3) is 15.6 Å². The van der Waals surface area contributed by atoms with Gasteiger partial charge in [-0.15, -0.1) is 10.2 Å². The molecule has 3 fully saturated rings. The Kier molecular flexibility index (Phi) is 7.46. The van der Waals surface area contributed by atoms with Crippen LogP contribution >= 0.6 is 0 Å². The molecule has 2 saturated heterocycles. The van der Waals surface area contributed by atoms with Gasteiger partial charge in [-0.25, -0.2) is 12.4 Å². The highest BCUT2D eigenvalue weighted by Gasteiger charge is 2.42. The highest BCUT2D eigenvalue weighted by atomic mass is 32.2. The highest BCUT2D eigenvalue weighted by Crippen LogP contribution is 2.44. The molecule has 0 bridgehead atoms. The number of benzene rings is 2. The molecule has 10 nitrogen and oxygen atoms in total. The molecule has 244 valence electrons. The molecule has 0 radical (unpaired) electrons. The van der Waals surface area contributed by atoms with Gasteiger partial charge in [0.15, 0.2) is 0 Å². The molecule has 1 saturated carbocycles. The normalized spacial score (nSPS) is 18.4. The minimum atomic E-state index is -4.08. The van der Waals surface area contributed by atoms with Crippen molar-refractivity contribution in [1.82, 2.24) is 28.2 Å². The summed E-state index contributed by atoms with van der Waals surface area (Å²) in [5.41, 5.74) is 4.01. The summed E-state index contributed by atoms with van der Waals surface area (Å²) in [5.74, 6) is 1.16. The minimum Gasteiger partial charge on any atom is -0.379 e. The lowest BCUT2D eigenvalue weighted by Crippen LogP contribution is -2.49. The molecule has 2 aliphatic heterocycles. The molecule has 0 spiro atoms. The SMILES string of the molecule is Cc1ccc(S(=O)(=O)n2c(CN3CCCCC3)cc3c(C4CC4)cn(-c4cccc(C5(Cc6nncn6C)COC5)c4)c(=O)c32)cc1. The summed E-state index contributed by atoms with van der Waals surface area (Å²) in [4.78, 5) is 17.2. The molecule has 1 aliphatic carbocycles. The monoisotopic (exact) mass is 652 g/mol. The van der Waals surface area contributed by atoms with Crippen molar-refractivity contribution < 1.29 is 13.2 Å². The number of ether oxygens (including phenoxy) is 1. The summed E-state index contributed by atoms with van der Waals surface area (Å²) >= 11 is 0. The topological polar surface area (TPSA) is 104 Å². The van der Waals surface area contributed by atoms with Crippen LogP contribution in [0.1, 0.15) is 66.2 Å². The summed E-state index contributed by atoms with van der Waals surface area (Å²) < 4.78 is 39.8. The second kappa shape index (κ2) is 11.6. The van der Waals surface area contributed by atoms with Gasteiger partial charge in [0, 0.05) is 48.4 Å². The summed E-state index contributed by atoms with van der Waals surface area (Å²) in [5, 5.41) is 9.13.